The second-order valence-corrected chi connectivity index (χ2v) is 4.46. The summed E-state index contributed by atoms with van der Waals surface area (Å²) in [7, 11) is 1.42. The number of aliphatic hydroxyl groups is 1. The number of aromatic hydroxyl groups is 1. The van der Waals surface area contributed by atoms with Gasteiger partial charge in [0.15, 0.2) is 22.9 Å². The minimum atomic E-state index is -0.894. The van der Waals surface area contributed by atoms with E-state index in [1.807, 2.05) is 0 Å². The maximum Gasteiger partial charge on any atom is 0.349 e. The van der Waals surface area contributed by atoms with Crippen molar-refractivity contribution < 1.29 is 29.2 Å². The molecule has 4 N–H and O–H groups in total. The number of esters is 1. The number of phenols is 1. The van der Waals surface area contributed by atoms with Crippen molar-refractivity contribution in [2.45, 2.75) is 13.8 Å². The van der Waals surface area contributed by atoms with E-state index < -0.39 is 23.3 Å². The van der Waals surface area contributed by atoms with Crippen LogP contribution >= 0.6 is 0 Å². The Kier molecular flexibility index (Phi) is 7.77. The van der Waals surface area contributed by atoms with Gasteiger partial charge in [-0.15, -0.1) is 5.10 Å². The summed E-state index contributed by atoms with van der Waals surface area (Å²) in [4.78, 5) is 11.9. The Balaban J connectivity index is 3.11. The number of benzene rings is 1. The number of carbonyl (C=O) groups is 1. The first-order chi connectivity index (χ1) is 12.0. The first-order valence-electron chi connectivity index (χ1n) is 7.42. The predicted octanol–water partition coefficient (Wildman–Crippen LogP) is 1.46. The average molecular weight is 351 g/mol. The lowest BCUT2D eigenvalue weighted by atomic mass is 10.2. The number of phenolic OH excluding ortho intramolecular Hbond substituents is 1. The van der Waals surface area contributed by atoms with Crippen LogP contribution in [0.15, 0.2) is 39.9 Å². The second kappa shape index (κ2) is 9.81. The van der Waals surface area contributed by atoms with Gasteiger partial charge in [-0.05, 0) is 26.0 Å². The molecule has 0 aliphatic heterocycles. The van der Waals surface area contributed by atoms with E-state index in [-0.39, 0.29) is 24.7 Å². The Morgan fingerprint density at radius 1 is 1.28 bits per heavy atom. The van der Waals surface area contributed by atoms with Gasteiger partial charge in [0, 0.05) is 5.56 Å². The topological polar surface area (TPSA) is 136 Å². The molecule has 0 aliphatic carbocycles. The van der Waals surface area contributed by atoms with E-state index in [1.165, 1.54) is 13.3 Å². The fourth-order valence-corrected chi connectivity index (χ4v) is 1.73. The average Bonchev–Trinajstić information content (AvgIpc) is 2.57. The summed E-state index contributed by atoms with van der Waals surface area (Å²) >= 11 is 0. The number of hydrogen-bond donors (Lipinski definition) is 3. The number of hydrogen-bond acceptors (Lipinski definition) is 8. The van der Waals surface area contributed by atoms with Gasteiger partial charge in [0.2, 0.25) is 0 Å². The number of carbonyl (C=O) groups excluding carboxylic acids is 1. The van der Waals surface area contributed by atoms with E-state index in [0.717, 1.165) is 0 Å². The van der Waals surface area contributed by atoms with Crippen molar-refractivity contribution in [3.05, 3.63) is 35.3 Å². The van der Waals surface area contributed by atoms with E-state index in [0.29, 0.717) is 5.56 Å². The summed E-state index contributed by atoms with van der Waals surface area (Å²) in [6.07, 6.45) is 1.21. The summed E-state index contributed by atoms with van der Waals surface area (Å²) in [5.41, 5.74) is 5.58. The molecule has 0 saturated carbocycles. The van der Waals surface area contributed by atoms with Crippen LogP contribution in [0.25, 0.3) is 0 Å². The van der Waals surface area contributed by atoms with Crippen LogP contribution in [0.5, 0.6) is 11.5 Å². The van der Waals surface area contributed by atoms with Gasteiger partial charge in [-0.3, -0.25) is 0 Å². The van der Waals surface area contributed by atoms with Crippen molar-refractivity contribution in [3.8, 4) is 11.5 Å². The first kappa shape index (κ1) is 19.8. The molecule has 0 spiro atoms. The molecule has 0 fully saturated rings. The van der Waals surface area contributed by atoms with Crippen LogP contribution in [0.1, 0.15) is 19.4 Å². The zero-order chi connectivity index (χ0) is 18.8. The standard InChI is InChI=1S/C16H21N3O6/c1-4-24-15(21)12(16(22)25-5-2)14(17)19-18-9-10-7-6-8-11(23-3)13(10)20/h6-9,20-21H,4-5H2,1-3H3,(H2,17,19)/b15-12+,18-9+. The molecule has 0 saturated heterocycles. The molecule has 0 unspecified atom stereocenters. The van der Waals surface area contributed by atoms with Crippen LogP contribution in [0, 0.1) is 0 Å². The van der Waals surface area contributed by atoms with E-state index in [9.17, 15) is 15.0 Å². The molecule has 136 valence electrons. The lowest BCUT2D eigenvalue weighted by molar-refractivity contribution is -0.138. The Hall–Kier alpha value is -3.23. The molecule has 9 nitrogen and oxygen atoms in total. The maximum absolute atomic E-state index is 11.9. The molecule has 0 aliphatic rings. The summed E-state index contributed by atoms with van der Waals surface area (Å²) in [6.45, 7) is 3.42. The van der Waals surface area contributed by atoms with Crippen molar-refractivity contribution in [1.29, 1.82) is 0 Å². The van der Waals surface area contributed by atoms with Gasteiger partial charge < -0.3 is 30.2 Å². The molecule has 0 atom stereocenters. The van der Waals surface area contributed by atoms with Gasteiger partial charge >= 0.3 is 5.97 Å². The lowest BCUT2D eigenvalue weighted by Crippen LogP contribution is -2.25. The van der Waals surface area contributed by atoms with E-state index in [4.69, 9.17) is 19.9 Å². The number of nitrogens with zero attached hydrogens (tertiary/aromatic N) is 2. The molecule has 0 heterocycles. The number of amidine groups is 1. The molecular formula is C16H21N3O6. The van der Waals surface area contributed by atoms with Crippen molar-refractivity contribution in [1.82, 2.24) is 0 Å². The minimum Gasteiger partial charge on any atom is -0.504 e. The van der Waals surface area contributed by atoms with Crippen molar-refractivity contribution in [2.75, 3.05) is 20.3 Å². The second-order valence-electron chi connectivity index (χ2n) is 4.46. The monoisotopic (exact) mass is 351 g/mol. The molecule has 1 aromatic rings. The van der Waals surface area contributed by atoms with Crippen LogP contribution in [-0.2, 0) is 14.3 Å². The highest BCUT2D eigenvalue weighted by Crippen LogP contribution is 2.27. The Morgan fingerprint density at radius 3 is 2.56 bits per heavy atom. The fraction of sp³-hybridized carbons (Fsp3) is 0.312. The number of ether oxygens (including phenoxy) is 3. The van der Waals surface area contributed by atoms with Crippen LogP contribution in [0.2, 0.25) is 0 Å². The largest absolute Gasteiger partial charge is 0.504 e. The number of aliphatic hydroxyl groups excluding tert-OH is 1. The summed E-state index contributed by atoms with van der Waals surface area (Å²) in [5, 5.41) is 27.1. The predicted molar refractivity (Wildman–Crippen MR) is 91.8 cm³/mol. The Morgan fingerprint density at radius 2 is 1.96 bits per heavy atom. The zero-order valence-electron chi connectivity index (χ0n) is 14.2. The van der Waals surface area contributed by atoms with Crippen molar-refractivity contribution >= 4 is 18.0 Å². The SMILES string of the molecule is CCOC(=O)C(/C(N)=N\N=C\c1cccc(OC)c1O)=C(\O)OCC. The lowest BCUT2D eigenvalue weighted by Gasteiger charge is -2.08. The summed E-state index contributed by atoms with van der Waals surface area (Å²) in [5.74, 6) is -1.86. The van der Waals surface area contributed by atoms with Gasteiger partial charge in [-0.25, -0.2) is 4.79 Å². The molecule has 0 aromatic heterocycles. The highest BCUT2D eigenvalue weighted by atomic mass is 16.6. The van der Waals surface area contributed by atoms with Gasteiger partial charge in [0.25, 0.3) is 5.95 Å². The number of nitrogens with two attached hydrogens (primary N) is 1. The number of methoxy groups -OCH3 is 1. The number of para-hydroxylation sites is 1. The summed E-state index contributed by atoms with van der Waals surface area (Å²) < 4.78 is 14.6. The van der Waals surface area contributed by atoms with Crippen LogP contribution < -0.4 is 10.5 Å². The number of rotatable bonds is 8. The molecule has 0 radical (unpaired) electrons. The van der Waals surface area contributed by atoms with Crippen LogP contribution in [0.3, 0.4) is 0 Å². The van der Waals surface area contributed by atoms with Gasteiger partial charge in [-0.2, -0.15) is 5.10 Å². The Labute approximate surface area is 145 Å². The molecule has 0 amide bonds. The smallest absolute Gasteiger partial charge is 0.349 e. The van der Waals surface area contributed by atoms with Gasteiger partial charge in [0.1, 0.15) is 0 Å². The highest BCUT2D eigenvalue weighted by Gasteiger charge is 2.22. The van der Waals surface area contributed by atoms with E-state index >= 15 is 0 Å². The molecule has 0 bridgehead atoms. The first-order valence-corrected chi connectivity index (χ1v) is 7.42. The fourth-order valence-electron chi connectivity index (χ4n) is 1.73. The Bertz CT molecular complexity index is 697. The zero-order valence-corrected chi connectivity index (χ0v) is 14.2. The molecule has 1 aromatic carbocycles. The van der Waals surface area contributed by atoms with Crippen LogP contribution in [-0.4, -0.2) is 48.6 Å². The quantitative estimate of drug-likeness (QED) is 0.161. The van der Waals surface area contributed by atoms with Crippen molar-refractivity contribution in [3.63, 3.8) is 0 Å². The maximum atomic E-state index is 11.9. The molecule has 25 heavy (non-hydrogen) atoms. The van der Waals surface area contributed by atoms with Gasteiger partial charge in [-0.1, -0.05) is 6.07 Å². The van der Waals surface area contributed by atoms with E-state index in [2.05, 4.69) is 10.2 Å². The third-order valence-electron chi connectivity index (χ3n) is 2.84. The van der Waals surface area contributed by atoms with Gasteiger partial charge in [0.05, 0.1) is 26.5 Å². The summed E-state index contributed by atoms with van der Waals surface area (Å²) in [6, 6.07) is 4.80. The highest BCUT2D eigenvalue weighted by molar-refractivity contribution is 6.18. The third-order valence-corrected chi connectivity index (χ3v) is 2.84. The van der Waals surface area contributed by atoms with Crippen LogP contribution in [0.4, 0.5) is 0 Å². The minimum absolute atomic E-state index is 0.0793. The molecule has 9 heteroatoms. The third kappa shape index (κ3) is 5.41. The molecular weight excluding hydrogens is 330 g/mol. The van der Waals surface area contributed by atoms with E-state index in [1.54, 1.807) is 32.0 Å². The van der Waals surface area contributed by atoms with Crippen molar-refractivity contribution in [2.24, 2.45) is 15.9 Å². The normalized spacial score (nSPS) is 12.7. The molecule has 1 rings (SSSR count).